The third-order valence-corrected chi connectivity index (χ3v) is 2.42. The van der Waals surface area contributed by atoms with Gasteiger partial charge in [0.25, 0.3) is 5.56 Å². The van der Waals surface area contributed by atoms with Crippen molar-refractivity contribution in [1.82, 2.24) is 9.55 Å². The van der Waals surface area contributed by atoms with Gasteiger partial charge in [0.05, 0.1) is 0 Å². The zero-order chi connectivity index (χ0) is 12.0. The molecule has 0 saturated carbocycles. The molecule has 0 atom stereocenters. The number of aromatic nitrogens is 2. The monoisotopic (exact) mass is 246 g/mol. The summed E-state index contributed by atoms with van der Waals surface area (Å²) in [5, 5.41) is 0.0747. The highest BCUT2D eigenvalue weighted by atomic mass is 35.5. The highest BCUT2D eigenvalue weighted by molar-refractivity contribution is 6.29. The van der Waals surface area contributed by atoms with Crippen LogP contribution in [0.3, 0.4) is 0 Å². The second-order valence-corrected chi connectivity index (χ2v) is 3.87. The van der Waals surface area contributed by atoms with Crippen LogP contribution in [0.15, 0.2) is 15.7 Å². The van der Waals surface area contributed by atoms with Gasteiger partial charge in [-0.2, -0.15) is 0 Å². The van der Waals surface area contributed by atoms with E-state index in [1.807, 2.05) is 0 Å². The molecule has 1 aromatic rings. The third-order valence-electron chi connectivity index (χ3n) is 2.22. The Hall–Kier alpha value is -1.07. The molecule has 0 unspecified atom stereocenters. The summed E-state index contributed by atoms with van der Waals surface area (Å²) >= 11 is 5.54. The summed E-state index contributed by atoms with van der Waals surface area (Å²) in [6.45, 7) is 1.11. The van der Waals surface area contributed by atoms with Crippen LogP contribution < -0.4 is 11.2 Å². The second-order valence-electron chi connectivity index (χ2n) is 3.47. The number of unbranched alkanes of at least 4 members (excludes halogenated alkanes) is 2. The SMILES string of the molecule is COCCCCCn1c(=O)cc(Cl)[nH]c1=O. The fraction of sp³-hybridized carbons (Fsp3) is 0.600. The van der Waals surface area contributed by atoms with E-state index in [2.05, 4.69) is 4.98 Å². The molecule has 0 amide bonds. The van der Waals surface area contributed by atoms with Crippen LogP contribution in [0.2, 0.25) is 5.15 Å². The molecule has 0 saturated heterocycles. The van der Waals surface area contributed by atoms with Gasteiger partial charge in [0.15, 0.2) is 0 Å². The summed E-state index contributed by atoms with van der Waals surface area (Å²) in [5.41, 5.74) is -0.815. The van der Waals surface area contributed by atoms with Gasteiger partial charge in [0.1, 0.15) is 5.15 Å². The maximum atomic E-state index is 11.4. The van der Waals surface area contributed by atoms with Crippen LogP contribution in [0.4, 0.5) is 0 Å². The van der Waals surface area contributed by atoms with Gasteiger partial charge in [0, 0.05) is 26.3 Å². The van der Waals surface area contributed by atoms with Gasteiger partial charge in [-0.1, -0.05) is 11.6 Å². The van der Waals surface area contributed by atoms with E-state index in [4.69, 9.17) is 16.3 Å². The van der Waals surface area contributed by atoms with Crippen molar-refractivity contribution < 1.29 is 4.74 Å². The molecule has 90 valence electrons. The number of nitrogens with zero attached hydrogens (tertiary/aromatic N) is 1. The molecule has 1 N–H and O–H groups in total. The normalized spacial score (nSPS) is 10.6. The first-order valence-electron chi connectivity index (χ1n) is 5.13. The predicted octanol–water partition coefficient (Wildman–Crippen LogP) is 1.01. The number of methoxy groups -OCH3 is 1. The molecule has 0 bridgehead atoms. The van der Waals surface area contributed by atoms with E-state index >= 15 is 0 Å². The average Bonchev–Trinajstić information content (AvgIpc) is 2.20. The van der Waals surface area contributed by atoms with Gasteiger partial charge >= 0.3 is 5.69 Å². The molecule has 0 aliphatic carbocycles. The number of nitrogens with one attached hydrogen (secondary N) is 1. The van der Waals surface area contributed by atoms with Crippen LogP contribution in [-0.2, 0) is 11.3 Å². The van der Waals surface area contributed by atoms with Crippen molar-refractivity contribution in [2.45, 2.75) is 25.8 Å². The number of aromatic amines is 1. The first kappa shape index (κ1) is 13.0. The Balaban J connectivity index is 2.55. The minimum absolute atomic E-state index is 0.0747. The first-order valence-corrected chi connectivity index (χ1v) is 5.51. The van der Waals surface area contributed by atoms with Crippen molar-refractivity contribution >= 4 is 11.6 Å². The number of halogens is 1. The Bertz CT molecular complexity index is 407. The number of H-pyrrole nitrogens is 1. The maximum Gasteiger partial charge on any atom is 0.329 e. The van der Waals surface area contributed by atoms with E-state index < -0.39 is 5.69 Å². The summed E-state index contributed by atoms with van der Waals surface area (Å²) < 4.78 is 6.05. The van der Waals surface area contributed by atoms with Crippen molar-refractivity contribution in [3.05, 3.63) is 32.1 Å². The van der Waals surface area contributed by atoms with Crippen molar-refractivity contribution in [2.75, 3.05) is 13.7 Å². The van der Waals surface area contributed by atoms with Gasteiger partial charge < -0.3 is 4.74 Å². The quantitative estimate of drug-likeness (QED) is 0.602. The van der Waals surface area contributed by atoms with E-state index in [1.165, 1.54) is 6.07 Å². The molecule has 5 nitrogen and oxygen atoms in total. The summed E-state index contributed by atoms with van der Waals surface area (Å²) in [7, 11) is 1.65. The van der Waals surface area contributed by atoms with Crippen LogP contribution in [0.5, 0.6) is 0 Å². The Morgan fingerprint density at radius 3 is 2.75 bits per heavy atom. The van der Waals surface area contributed by atoms with Crippen molar-refractivity contribution in [1.29, 1.82) is 0 Å². The van der Waals surface area contributed by atoms with Gasteiger partial charge in [0.2, 0.25) is 0 Å². The third kappa shape index (κ3) is 3.83. The molecule has 1 heterocycles. The lowest BCUT2D eigenvalue weighted by molar-refractivity contribution is 0.191. The number of hydrogen-bond acceptors (Lipinski definition) is 3. The Morgan fingerprint density at radius 2 is 2.12 bits per heavy atom. The molecule has 1 aromatic heterocycles. The summed E-state index contributed by atoms with van der Waals surface area (Å²) in [5.74, 6) is 0. The highest BCUT2D eigenvalue weighted by Gasteiger charge is 2.02. The van der Waals surface area contributed by atoms with Crippen molar-refractivity contribution in [2.24, 2.45) is 0 Å². The smallest absolute Gasteiger partial charge is 0.329 e. The molecule has 0 fully saturated rings. The van der Waals surface area contributed by atoms with Crippen molar-refractivity contribution in [3.63, 3.8) is 0 Å². The number of rotatable bonds is 6. The van der Waals surface area contributed by atoms with Crippen LogP contribution in [0, 0.1) is 0 Å². The van der Waals surface area contributed by atoms with Crippen LogP contribution in [0.25, 0.3) is 0 Å². The van der Waals surface area contributed by atoms with Gasteiger partial charge in [-0.15, -0.1) is 0 Å². The van der Waals surface area contributed by atoms with Crippen molar-refractivity contribution in [3.8, 4) is 0 Å². The molecule has 0 aromatic carbocycles. The van der Waals surface area contributed by atoms with Gasteiger partial charge in [-0.3, -0.25) is 14.3 Å². The maximum absolute atomic E-state index is 11.4. The zero-order valence-electron chi connectivity index (χ0n) is 9.16. The molecule has 6 heteroatoms. The van der Waals surface area contributed by atoms with Gasteiger partial charge in [-0.05, 0) is 19.3 Å². The molecular weight excluding hydrogens is 232 g/mol. The van der Waals surface area contributed by atoms with E-state index in [9.17, 15) is 9.59 Å². The lowest BCUT2D eigenvalue weighted by Crippen LogP contribution is -2.34. The zero-order valence-corrected chi connectivity index (χ0v) is 9.92. The number of hydrogen-bond donors (Lipinski definition) is 1. The predicted molar refractivity (Wildman–Crippen MR) is 62.1 cm³/mol. The molecule has 0 aliphatic heterocycles. The van der Waals surface area contributed by atoms with E-state index in [0.29, 0.717) is 13.2 Å². The van der Waals surface area contributed by atoms with E-state index in [-0.39, 0.29) is 10.7 Å². The van der Waals surface area contributed by atoms with Crippen LogP contribution >= 0.6 is 11.6 Å². The molecule has 0 aliphatic rings. The van der Waals surface area contributed by atoms with E-state index in [0.717, 1.165) is 23.8 Å². The van der Waals surface area contributed by atoms with E-state index in [1.54, 1.807) is 7.11 Å². The number of ether oxygens (including phenoxy) is 1. The highest BCUT2D eigenvalue weighted by Crippen LogP contribution is 1.98. The Labute approximate surface area is 98.0 Å². The molecule has 1 rings (SSSR count). The lowest BCUT2D eigenvalue weighted by atomic mass is 10.2. The molecule has 0 radical (unpaired) electrons. The minimum atomic E-state index is -0.454. The molecule has 0 spiro atoms. The summed E-state index contributed by atoms with van der Waals surface area (Å²) in [4.78, 5) is 25.2. The minimum Gasteiger partial charge on any atom is -0.385 e. The molecule has 16 heavy (non-hydrogen) atoms. The largest absolute Gasteiger partial charge is 0.385 e. The Morgan fingerprint density at radius 1 is 1.38 bits per heavy atom. The lowest BCUT2D eigenvalue weighted by Gasteiger charge is -2.04. The second kappa shape index (κ2) is 6.50. The first-order chi connectivity index (χ1) is 7.65. The average molecular weight is 247 g/mol. The summed E-state index contributed by atoms with van der Waals surface area (Å²) in [6, 6.07) is 1.21. The molecular formula is C10H15ClN2O3. The van der Waals surface area contributed by atoms with Crippen LogP contribution in [-0.4, -0.2) is 23.3 Å². The van der Waals surface area contributed by atoms with Crippen LogP contribution in [0.1, 0.15) is 19.3 Å². The van der Waals surface area contributed by atoms with Gasteiger partial charge in [-0.25, -0.2) is 4.79 Å². The fourth-order valence-corrected chi connectivity index (χ4v) is 1.57. The topological polar surface area (TPSA) is 64.1 Å². The standard InChI is InChI=1S/C10H15ClN2O3/c1-16-6-4-2-3-5-13-9(14)7-8(11)12-10(13)15/h7H,2-6H2,1H3,(H,12,15). The Kier molecular flexibility index (Phi) is 5.28. The fourth-order valence-electron chi connectivity index (χ4n) is 1.40. The summed E-state index contributed by atoms with van der Waals surface area (Å²) in [6.07, 6.45) is 2.62.